The van der Waals surface area contributed by atoms with E-state index in [2.05, 4.69) is 131 Å². The molecule has 0 heterocycles. The molecule has 0 saturated carbocycles. The molecule has 3 heteroatoms. The Kier molecular flexibility index (Phi) is 5.90. The van der Waals surface area contributed by atoms with Gasteiger partial charge in [0.2, 0.25) is 0 Å². The highest BCUT2D eigenvalue weighted by Gasteiger charge is 2.26. The standard InChI is InChI=1S/C25H21BrNP/c26-22-18-16-21(17-19-22)20-27-28(23-10-4-1-5-11-23,24-12-6-2-7-13-24)25-14-8-3-9-15-25/h1-19H,20H2. The Morgan fingerprint density at radius 2 is 0.929 bits per heavy atom. The van der Waals surface area contributed by atoms with E-state index in [9.17, 15) is 0 Å². The number of hydrogen-bond acceptors (Lipinski definition) is 1. The van der Waals surface area contributed by atoms with E-state index in [1.54, 1.807) is 0 Å². The molecule has 0 aliphatic heterocycles. The van der Waals surface area contributed by atoms with Gasteiger partial charge in [-0.25, -0.2) is 0 Å². The van der Waals surface area contributed by atoms with Crippen molar-refractivity contribution in [2.75, 3.05) is 0 Å². The summed E-state index contributed by atoms with van der Waals surface area (Å²) in [7, 11) is -2.12. The summed E-state index contributed by atoms with van der Waals surface area (Å²) in [5, 5.41) is 3.85. The first-order valence-corrected chi connectivity index (χ1v) is 11.8. The van der Waals surface area contributed by atoms with Gasteiger partial charge < -0.3 is 0 Å². The average molecular weight is 446 g/mol. The van der Waals surface area contributed by atoms with Gasteiger partial charge in [-0.3, -0.25) is 4.74 Å². The molecule has 0 amide bonds. The van der Waals surface area contributed by atoms with Crippen molar-refractivity contribution in [2.24, 2.45) is 4.74 Å². The Morgan fingerprint density at radius 3 is 1.32 bits per heavy atom. The van der Waals surface area contributed by atoms with Crippen LogP contribution in [0.1, 0.15) is 5.56 Å². The second-order valence-electron chi connectivity index (χ2n) is 6.57. The maximum Gasteiger partial charge on any atom is 0.0636 e. The Balaban J connectivity index is 1.98. The molecule has 0 spiro atoms. The van der Waals surface area contributed by atoms with E-state index in [0.29, 0.717) is 6.54 Å². The van der Waals surface area contributed by atoms with Gasteiger partial charge >= 0.3 is 0 Å². The van der Waals surface area contributed by atoms with Gasteiger partial charge in [-0.1, -0.05) is 119 Å². The van der Waals surface area contributed by atoms with Gasteiger partial charge in [0.1, 0.15) is 0 Å². The quantitative estimate of drug-likeness (QED) is 0.327. The van der Waals surface area contributed by atoms with Crippen molar-refractivity contribution in [1.82, 2.24) is 0 Å². The summed E-state index contributed by atoms with van der Waals surface area (Å²) in [5.41, 5.74) is 1.22. The molecule has 1 nitrogen and oxygen atoms in total. The van der Waals surface area contributed by atoms with Gasteiger partial charge in [-0.05, 0) is 17.7 Å². The van der Waals surface area contributed by atoms with Crippen molar-refractivity contribution in [1.29, 1.82) is 0 Å². The fourth-order valence-corrected chi connectivity index (χ4v) is 7.24. The molecule has 138 valence electrons. The Labute approximate surface area is 175 Å². The zero-order valence-corrected chi connectivity index (χ0v) is 17.9. The van der Waals surface area contributed by atoms with Crippen LogP contribution in [-0.4, -0.2) is 0 Å². The fraction of sp³-hybridized carbons (Fsp3) is 0.0400. The highest BCUT2D eigenvalue weighted by atomic mass is 79.9. The maximum atomic E-state index is 5.46. The molecule has 0 aliphatic carbocycles. The van der Waals surface area contributed by atoms with Gasteiger partial charge in [0.05, 0.1) is 13.6 Å². The summed E-state index contributed by atoms with van der Waals surface area (Å²) in [5.74, 6) is 0. The summed E-state index contributed by atoms with van der Waals surface area (Å²) in [4.78, 5) is 0. The lowest BCUT2D eigenvalue weighted by atomic mass is 10.2. The number of halogens is 1. The van der Waals surface area contributed by atoms with Crippen LogP contribution in [0.5, 0.6) is 0 Å². The van der Waals surface area contributed by atoms with Crippen molar-refractivity contribution in [3.63, 3.8) is 0 Å². The number of nitrogens with zero attached hydrogens (tertiary/aromatic N) is 1. The number of rotatable bonds is 5. The molecular weight excluding hydrogens is 425 g/mol. The molecule has 4 aromatic rings. The highest BCUT2D eigenvalue weighted by molar-refractivity contribution is 9.10. The molecule has 0 radical (unpaired) electrons. The Hall–Kier alpha value is -2.41. The van der Waals surface area contributed by atoms with E-state index < -0.39 is 7.05 Å². The summed E-state index contributed by atoms with van der Waals surface area (Å²) in [6.45, 7) is 0.680. The number of hydrogen-bond donors (Lipinski definition) is 0. The molecule has 0 fully saturated rings. The topological polar surface area (TPSA) is 12.4 Å². The predicted molar refractivity (Wildman–Crippen MR) is 125 cm³/mol. The van der Waals surface area contributed by atoms with Crippen LogP contribution in [0.15, 0.2) is 124 Å². The molecule has 0 saturated heterocycles. The first-order chi connectivity index (χ1) is 13.8. The normalized spacial score (nSPS) is 11.2. The third-order valence-corrected chi connectivity index (χ3v) is 9.00. The lowest BCUT2D eigenvalue weighted by Gasteiger charge is -2.27. The number of benzene rings is 4. The molecule has 28 heavy (non-hydrogen) atoms. The highest BCUT2D eigenvalue weighted by Crippen LogP contribution is 2.46. The van der Waals surface area contributed by atoms with Crippen LogP contribution in [0.3, 0.4) is 0 Å². The molecule has 0 aliphatic rings. The van der Waals surface area contributed by atoms with Gasteiger partial charge in [0.15, 0.2) is 0 Å². The smallest absolute Gasteiger partial charge is 0.0636 e. The van der Waals surface area contributed by atoms with Gasteiger partial charge in [0, 0.05) is 20.4 Å². The third-order valence-electron chi connectivity index (χ3n) is 4.77. The van der Waals surface area contributed by atoms with Crippen LogP contribution >= 0.6 is 23.0 Å². The minimum atomic E-state index is -2.12. The zero-order valence-electron chi connectivity index (χ0n) is 15.4. The molecule has 0 bridgehead atoms. The molecule has 4 rings (SSSR count). The minimum absolute atomic E-state index is 0.680. The van der Waals surface area contributed by atoms with Crippen LogP contribution in [0.25, 0.3) is 0 Å². The van der Waals surface area contributed by atoms with E-state index >= 15 is 0 Å². The predicted octanol–water partition coefficient (Wildman–Crippen LogP) is 6.13. The van der Waals surface area contributed by atoms with Crippen LogP contribution < -0.4 is 15.9 Å². The van der Waals surface area contributed by atoms with E-state index in [1.165, 1.54) is 21.5 Å². The van der Waals surface area contributed by atoms with Crippen LogP contribution in [0.4, 0.5) is 0 Å². The van der Waals surface area contributed by atoms with Crippen LogP contribution in [0.2, 0.25) is 0 Å². The van der Waals surface area contributed by atoms with E-state index in [-0.39, 0.29) is 0 Å². The maximum absolute atomic E-state index is 5.46. The average Bonchev–Trinajstić information content (AvgIpc) is 2.78. The fourth-order valence-electron chi connectivity index (χ4n) is 3.40. The van der Waals surface area contributed by atoms with Crippen molar-refractivity contribution >= 4 is 38.9 Å². The van der Waals surface area contributed by atoms with Crippen LogP contribution in [-0.2, 0) is 6.54 Å². The largest absolute Gasteiger partial charge is 0.285 e. The second kappa shape index (κ2) is 8.73. The van der Waals surface area contributed by atoms with Crippen molar-refractivity contribution in [3.8, 4) is 0 Å². The van der Waals surface area contributed by atoms with Crippen molar-refractivity contribution < 1.29 is 0 Å². The summed E-state index contributed by atoms with van der Waals surface area (Å²) in [6.07, 6.45) is 0. The van der Waals surface area contributed by atoms with Crippen molar-refractivity contribution in [3.05, 3.63) is 125 Å². The first-order valence-electron chi connectivity index (χ1n) is 9.28. The van der Waals surface area contributed by atoms with E-state index in [4.69, 9.17) is 4.74 Å². The lowest BCUT2D eigenvalue weighted by Crippen LogP contribution is -2.25. The van der Waals surface area contributed by atoms with Gasteiger partial charge in [0.25, 0.3) is 0 Å². The van der Waals surface area contributed by atoms with E-state index in [1.807, 2.05) is 0 Å². The molecule has 0 aromatic heterocycles. The van der Waals surface area contributed by atoms with Crippen molar-refractivity contribution in [2.45, 2.75) is 6.54 Å². The summed E-state index contributed by atoms with van der Waals surface area (Å²) in [6, 6.07) is 40.7. The summed E-state index contributed by atoms with van der Waals surface area (Å²) >= 11 is 3.52. The van der Waals surface area contributed by atoms with Gasteiger partial charge in [-0.15, -0.1) is 0 Å². The second-order valence-corrected chi connectivity index (χ2v) is 10.6. The van der Waals surface area contributed by atoms with E-state index in [0.717, 1.165) is 4.47 Å². The summed E-state index contributed by atoms with van der Waals surface area (Å²) < 4.78 is 6.55. The Bertz CT molecular complexity index is 972. The SMILES string of the molecule is Brc1ccc(CN=P(c2ccccc2)(c2ccccc2)c2ccccc2)cc1. The van der Waals surface area contributed by atoms with Crippen LogP contribution in [0, 0.1) is 0 Å². The monoisotopic (exact) mass is 445 g/mol. The minimum Gasteiger partial charge on any atom is -0.285 e. The Morgan fingerprint density at radius 1 is 0.536 bits per heavy atom. The van der Waals surface area contributed by atoms with Gasteiger partial charge in [-0.2, -0.15) is 0 Å². The molecule has 4 aromatic carbocycles. The molecule has 0 unspecified atom stereocenters. The first kappa shape index (κ1) is 18.9. The lowest BCUT2D eigenvalue weighted by molar-refractivity contribution is 1.09. The zero-order chi connectivity index (χ0) is 19.2. The third kappa shape index (κ3) is 3.90. The molecular formula is C25H21BrNP. The molecule has 0 N–H and O–H groups in total. The molecule has 0 atom stereocenters.